The van der Waals surface area contributed by atoms with Crippen LogP contribution in [0.2, 0.25) is 0 Å². The van der Waals surface area contributed by atoms with Crippen LogP contribution in [-0.4, -0.2) is 40.7 Å². The lowest BCUT2D eigenvalue weighted by atomic mass is 9.81. The summed E-state index contributed by atoms with van der Waals surface area (Å²) in [6.45, 7) is 6.18. The number of carbonyl (C=O) groups excluding carboxylic acids is 1. The van der Waals surface area contributed by atoms with Gasteiger partial charge in [0.2, 0.25) is 0 Å². The van der Waals surface area contributed by atoms with E-state index in [0.29, 0.717) is 36.1 Å². The molecular formula is C25H27F2NO4. The van der Waals surface area contributed by atoms with Crippen LogP contribution in [-0.2, 0) is 0 Å². The fraction of sp³-hybridized carbons (Fsp3) is 0.400. The maximum Gasteiger partial charge on any atom is 0.290 e. The molecule has 1 aliphatic heterocycles. The van der Waals surface area contributed by atoms with Crippen molar-refractivity contribution >= 4 is 16.9 Å². The highest BCUT2D eigenvalue weighted by Crippen LogP contribution is 2.34. The molecule has 7 heteroatoms. The number of amides is 1. The number of para-hydroxylation sites is 1. The quantitative estimate of drug-likeness (QED) is 0.597. The van der Waals surface area contributed by atoms with Crippen molar-refractivity contribution < 1.29 is 27.8 Å². The number of carbonyl (C=O) groups is 1. The molecule has 0 saturated carbocycles. The fourth-order valence-corrected chi connectivity index (χ4v) is 4.46. The van der Waals surface area contributed by atoms with Crippen LogP contribution in [0.25, 0.3) is 11.0 Å². The Labute approximate surface area is 185 Å². The molecule has 1 N–H and O–H groups in total. The number of hydrogen-bond donors (Lipinski definition) is 1. The molecule has 1 aromatic heterocycles. The lowest BCUT2D eigenvalue weighted by Crippen LogP contribution is -2.59. The second kappa shape index (κ2) is 8.54. The maximum atomic E-state index is 14.1. The molecule has 0 bridgehead atoms. The predicted octanol–water partition coefficient (Wildman–Crippen LogP) is 5.09. The van der Waals surface area contributed by atoms with Crippen LogP contribution < -0.4 is 4.74 Å². The summed E-state index contributed by atoms with van der Waals surface area (Å²) in [5.41, 5.74) is -0.515. The molecule has 2 aromatic carbocycles. The average Bonchev–Trinajstić information content (AvgIpc) is 3.08. The number of fused-ring (bicyclic) bond motifs is 1. The number of furan rings is 1. The highest BCUT2D eigenvalue weighted by Gasteiger charge is 2.45. The van der Waals surface area contributed by atoms with Crippen LogP contribution in [0.15, 0.2) is 46.9 Å². The van der Waals surface area contributed by atoms with Crippen molar-refractivity contribution in [1.82, 2.24) is 4.90 Å². The average molecular weight is 443 g/mol. The number of halogens is 2. The molecule has 170 valence electrons. The molecule has 2 heterocycles. The molecule has 4 rings (SSSR count). The van der Waals surface area contributed by atoms with Gasteiger partial charge < -0.3 is 19.2 Å². The Morgan fingerprint density at radius 2 is 1.97 bits per heavy atom. The van der Waals surface area contributed by atoms with E-state index in [9.17, 15) is 18.7 Å². The van der Waals surface area contributed by atoms with E-state index in [2.05, 4.69) is 0 Å². The van der Waals surface area contributed by atoms with Crippen LogP contribution >= 0.6 is 0 Å². The van der Waals surface area contributed by atoms with Crippen molar-refractivity contribution in [2.24, 2.45) is 5.92 Å². The predicted molar refractivity (Wildman–Crippen MR) is 117 cm³/mol. The second-order valence-corrected chi connectivity index (χ2v) is 8.94. The zero-order valence-electron chi connectivity index (χ0n) is 18.4. The summed E-state index contributed by atoms with van der Waals surface area (Å²) in [6.07, 6.45) is 0.0983. The zero-order valence-corrected chi connectivity index (χ0v) is 18.4. The van der Waals surface area contributed by atoms with Crippen LogP contribution in [0.1, 0.15) is 42.8 Å². The first-order valence-corrected chi connectivity index (χ1v) is 10.8. The lowest BCUT2D eigenvalue weighted by Gasteiger charge is -2.44. The number of benzene rings is 2. The zero-order chi connectivity index (χ0) is 23.0. The van der Waals surface area contributed by atoms with Gasteiger partial charge in [-0.2, -0.15) is 0 Å². The molecule has 0 aliphatic carbocycles. The van der Waals surface area contributed by atoms with Crippen molar-refractivity contribution in [3.05, 3.63) is 65.4 Å². The van der Waals surface area contributed by atoms with Crippen molar-refractivity contribution in [1.29, 1.82) is 0 Å². The number of rotatable bonds is 5. The summed E-state index contributed by atoms with van der Waals surface area (Å²) >= 11 is 0. The Kier molecular flexibility index (Phi) is 5.95. The van der Waals surface area contributed by atoms with E-state index in [0.717, 1.165) is 0 Å². The monoisotopic (exact) mass is 443 g/mol. The van der Waals surface area contributed by atoms with Gasteiger partial charge in [-0.05, 0) is 56.0 Å². The molecule has 0 spiro atoms. The van der Waals surface area contributed by atoms with E-state index in [1.807, 2.05) is 13.8 Å². The number of aryl methyl sites for hydroxylation is 1. The molecule has 5 nitrogen and oxygen atoms in total. The van der Waals surface area contributed by atoms with Crippen molar-refractivity contribution in [3.63, 3.8) is 0 Å². The molecule has 1 fully saturated rings. The SMILES string of the molecule is Cc1c(C(=O)N2CC[C@@](O)(CC(C)C)[C@@H](Oc3ccc(F)cc3)C2)oc2c(F)cccc12. The highest BCUT2D eigenvalue weighted by molar-refractivity contribution is 5.99. The molecular weight excluding hydrogens is 416 g/mol. The Hall–Kier alpha value is -2.93. The number of ether oxygens (including phenoxy) is 1. The van der Waals surface area contributed by atoms with Gasteiger partial charge in [-0.3, -0.25) is 4.79 Å². The van der Waals surface area contributed by atoms with Gasteiger partial charge in [-0.1, -0.05) is 26.0 Å². The minimum absolute atomic E-state index is 0.0563. The van der Waals surface area contributed by atoms with Crippen molar-refractivity contribution in [2.45, 2.75) is 45.3 Å². The molecule has 1 amide bonds. The lowest BCUT2D eigenvalue weighted by molar-refractivity contribution is -0.111. The van der Waals surface area contributed by atoms with Gasteiger partial charge in [0, 0.05) is 17.5 Å². The third-order valence-corrected chi connectivity index (χ3v) is 6.05. The summed E-state index contributed by atoms with van der Waals surface area (Å²) in [4.78, 5) is 14.9. The fourth-order valence-electron chi connectivity index (χ4n) is 4.46. The Morgan fingerprint density at radius 3 is 2.62 bits per heavy atom. The van der Waals surface area contributed by atoms with Gasteiger partial charge in [-0.25, -0.2) is 8.78 Å². The summed E-state index contributed by atoms with van der Waals surface area (Å²) < 4.78 is 39.1. The summed E-state index contributed by atoms with van der Waals surface area (Å²) in [7, 11) is 0. The number of nitrogens with zero attached hydrogens (tertiary/aromatic N) is 1. The van der Waals surface area contributed by atoms with Crippen LogP contribution in [0.5, 0.6) is 5.75 Å². The first-order chi connectivity index (χ1) is 15.2. The van der Waals surface area contributed by atoms with Gasteiger partial charge in [-0.15, -0.1) is 0 Å². The molecule has 1 aliphatic rings. The Morgan fingerprint density at radius 1 is 1.25 bits per heavy atom. The van der Waals surface area contributed by atoms with Gasteiger partial charge in [0.25, 0.3) is 5.91 Å². The smallest absolute Gasteiger partial charge is 0.290 e. The van der Waals surface area contributed by atoms with E-state index in [1.165, 1.54) is 30.3 Å². The number of aliphatic hydroxyl groups is 1. The van der Waals surface area contributed by atoms with E-state index in [1.54, 1.807) is 24.0 Å². The van der Waals surface area contributed by atoms with Gasteiger partial charge in [0.1, 0.15) is 23.3 Å². The first-order valence-electron chi connectivity index (χ1n) is 10.8. The largest absolute Gasteiger partial charge is 0.486 e. The number of hydrogen-bond acceptors (Lipinski definition) is 4. The van der Waals surface area contributed by atoms with Crippen molar-refractivity contribution in [3.8, 4) is 5.75 Å². The van der Waals surface area contributed by atoms with Gasteiger partial charge in [0.05, 0.1) is 6.54 Å². The van der Waals surface area contributed by atoms with Crippen LogP contribution in [0.4, 0.5) is 8.78 Å². The normalized spacial score (nSPS) is 21.3. The van der Waals surface area contributed by atoms with Gasteiger partial charge in [0.15, 0.2) is 17.2 Å². The Bertz CT molecular complexity index is 1120. The standard InChI is InChI=1S/C25H27F2NO4/c1-15(2)13-25(30)11-12-28(14-21(25)31-18-9-7-17(26)8-10-18)24(29)22-16(3)19-5-4-6-20(27)23(19)32-22/h4-10,15,21,30H,11-14H2,1-3H3/t21-,25+/m0/s1. The van der Waals surface area contributed by atoms with E-state index in [4.69, 9.17) is 9.15 Å². The van der Waals surface area contributed by atoms with Crippen LogP contribution in [0.3, 0.4) is 0 Å². The molecule has 2 atom stereocenters. The molecule has 0 unspecified atom stereocenters. The number of piperidine rings is 1. The summed E-state index contributed by atoms with van der Waals surface area (Å²) in [6, 6.07) is 10.2. The summed E-state index contributed by atoms with van der Waals surface area (Å²) in [5.74, 6) is -0.579. The van der Waals surface area contributed by atoms with Crippen LogP contribution in [0, 0.1) is 24.5 Å². The van der Waals surface area contributed by atoms with Gasteiger partial charge >= 0.3 is 0 Å². The Balaban J connectivity index is 1.62. The molecule has 0 radical (unpaired) electrons. The minimum atomic E-state index is -1.14. The summed E-state index contributed by atoms with van der Waals surface area (Å²) in [5, 5.41) is 11.9. The third kappa shape index (κ3) is 4.21. The maximum absolute atomic E-state index is 14.1. The molecule has 1 saturated heterocycles. The third-order valence-electron chi connectivity index (χ3n) is 6.05. The highest BCUT2D eigenvalue weighted by atomic mass is 19.1. The van der Waals surface area contributed by atoms with Crippen molar-refractivity contribution in [2.75, 3.05) is 13.1 Å². The first kappa shape index (κ1) is 22.3. The molecule has 3 aromatic rings. The second-order valence-electron chi connectivity index (χ2n) is 8.94. The topological polar surface area (TPSA) is 62.9 Å². The number of likely N-dealkylation sites (tertiary alicyclic amines) is 1. The van der Waals surface area contributed by atoms with E-state index >= 15 is 0 Å². The minimum Gasteiger partial charge on any atom is -0.486 e. The van der Waals surface area contributed by atoms with E-state index in [-0.39, 0.29) is 35.5 Å². The molecule has 32 heavy (non-hydrogen) atoms. The van der Waals surface area contributed by atoms with E-state index < -0.39 is 17.5 Å².